The van der Waals surface area contributed by atoms with Crippen molar-refractivity contribution in [3.63, 3.8) is 0 Å². The summed E-state index contributed by atoms with van der Waals surface area (Å²) in [6.45, 7) is 9.02. The molecule has 3 rings (SSSR count). The van der Waals surface area contributed by atoms with E-state index in [9.17, 15) is 8.42 Å². The van der Waals surface area contributed by atoms with E-state index in [-0.39, 0.29) is 9.93 Å². The van der Waals surface area contributed by atoms with Gasteiger partial charge in [-0.05, 0) is 34.5 Å². The Bertz CT molecular complexity index is 1200. The van der Waals surface area contributed by atoms with E-state index >= 15 is 0 Å². The van der Waals surface area contributed by atoms with Crippen LogP contribution in [0.3, 0.4) is 0 Å². The monoisotopic (exact) mass is 491 g/mol. The van der Waals surface area contributed by atoms with E-state index < -0.39 is 18.3 Å². The summed E-state index contributed by atoms with van der Waals surface area (Å²) in [5.74, 6) is 2.99. The lowest BCUT2D eigenvalue weighted by atomic mass is 10.2. The van der Waals surface area contributed by atoms with Gasteiger partial charge in [0.05, 0.1) is 4.90 Å². The largest absolute Gasteiger partial charge is 0.406 e. The highest BCUT2D eigenvalue weighted by Crippen LogP contribution is 2.36. The lowest BCUT2D eigenvalue weighted by Crippen LogP contribution is -2.66. The first-order chi connectivity index (χ1) is 16.1. The number of sulfonamides is 1. The summed E-state index contributed by atoms with van der Waals surface area (Å²) in [7, 11) is -4.80. The molecule has 0 spiro atoms. The number of rotatable bonds is 7. The van der Waals surface area contributed by atoms with E-state index in [0.29, 0.717) is 13.0 Å². The number of hydrogen-bond donors (Lipinski definition) is 0. The van der Waals surface area contributed by atoms with Gasteiger partial charge in [-0.3, -0.25) is 0 Å². The van der Waals surface area contributed by atoms with E-state index in [1.165, 1.54) is 17.4 Å². The molecule has 0 aliphatic heterocycles. The topological polar surface area (TPSA) is 46.6 Å². The first-order valence-corrected chi connectivity index (χ1v) is 14.7. The molecule has 0 aliphatic carbocycles. The Morgan fingerprint density at radius 3 is 1.82 bits per heavy atom. The summed E-state index contributed by atoms with van der Waals surface area (Å²) in [6.07, 6.45) is 0.429. The van der Waals surface area contributed by atoms with Crippen LogP contribution in [0.2, 0.25) is 5.04 Å². The highest BCUT2D eigenvalue weighted by Gasteiger charge is 2.49. The van der Waals surface area contributed by atoms with Crippen LogP contribution in [-0.2, 0) is 14.4 Å². The molecule has 0 radical (unpaired) electrons. The quantitative estimate of drug-likeness (QED) is 0.211. The third-order valence-corrected chi connectivity index (χ3v) is 12.6. The minimum absolute atomic E-state index is 0.116. The summed E-state index contributed by atoms with van der Waals surface area (Å²) in [5.41, 5.74) is 1.01. The van der Waals surface area contributed by atoms with Crippen molar-refractivity contribution in [1.82, 2.24) is 4.31 Å². The second-order valence-corrected chi connectivity index (χ2v) is 15.6. The van der Waals surface area contributed by atoms with E-state index in [4.69, 9.17) is 4.43 Å². The van der Waals surface area contributed by atoms with Gasteiger partial charge in [0.25, 0.3) is 18.3 Å². The highest BCUT2D eigenvalue weighted by atomic mass is 32.2. The highest BCUT2D eigenvalue weighted by molar-refractivity contribution is 7.89. The zero-order valence-corrected chi connectivity index (χ0v) is 22.4. The summed E-state index contributed by atoms with van der Waals surface area (Å²) >= 11 is 0. The van der Waals surface area contributed by atoms with Crippen LogP contribution < -0.4 is 10.4 Å². The smallest absolute Gasteiger partial charge is 0.270 e. The maximum Gasteiger partial charge on any atom is 0.270 e. The van der Waals surface area contributed by atoms with Gasteiger partial charge in [0.2, 0.25) is 0 Å². The van der Waals surface area contributed by atoms with Crippen LogP contribution in [0.4, 0.5) is 0 Å². The molecule has 0 unspecified atom stereocenters. The molecule has 3 aromatic carbocycles. The van der Waals surface area contributed by atoms with E-state index in [0.717, 1.165) is 9.87 Å². The zero-order chi connectivity index (χ0) is 24.8. The minimum Gasteiger partial charge on any atom is -0.406 e. The molecule has 3 aromatic rings. The van der Waals surface area contributed by atoms with Gasteiger partial charge in [0, 0.05) is 26.1 Å². The molecule has 34 heavy (non-hydrogen) atoms. The molecule has 0 amide bonds. The molecule has 4 nitrogen and oxygen atoms in total. The lowest BCUT2D eigenvalue weighted by molar-refractivity contribution is 0.306. The summed E-state index contributed by atoms with van der Waals surface area (Å²) in [5, 5.41) is 2.30. The van der Waals surface area contributed by atoms with Gasteiger partial charge < -0.3 is 4.43 Å². The molecule has 178 valence electrons. The number of nitrogens with zero attached hydrogens (tertiary/aromatic N) is 1. The fourth-order valence-electron chi connectivity index (χ4n) is 4.11. The van der Waals surface area contributed by atoms with Crippen molar-refractivity contribution in [3.05, 3.63) is 90.5 Å². The van der Waals surface area contributed by atoms with Gasteiger partial charge in [-0.2, -0.15) is 0 Å². The minimum atomic E-state index is -3.65. The van der Waals surface area contributed by atoms with Crippen molar-refractivity contribution >= 4 is 28.7 Å². The van der Waals surface area contributed by atoms with Gasteiger partial charge in [0.15, 0.2) is 0 Å². The van der Waals surface area contributed by atoms with Crippen molar-refractivity contribution in [2.75, 3.05) is 13.7 Å². The first kappa shape index (κ1) is 25.8. The molecule has 0 heterocycles. The summed E-state index contributed by atoms with van der Waals surface area (Å²) < 4.78 is 33.4. The fourth-order valence-corrected chi connectivity index (χ4v) is 9.66. The molecule has 6 heteroatoms. The Kier molecular flexibility index (Phi) is 8.03. The molecule has 0 saturated carbocycles. The maximum absolute atomic E-state index is 12.8. The van der Waals surface area contributed by atoms with Crippen molar-refractivity contribution in [1.29, 1.82) is 0 Å². The number of aryl methyl sites for hydroxylation is 1. The van der Waals surface area contributed by atoms with Gasteiger partial charge >= 0.3 is 0 Å². The molecule has 0 aliphatic rings. The number of hydrogen-bond acceptors (Lipinski definition) is 3. The van der Waals surface area contributed by atoms with Gasteiger partial charge in [0.1, 0.15) is 0 Å². The maximum atomic E-state index is 12.8. The summed E-state index contributed by atoms with van der Waals surface area (Å²) in [6, 6.07) is 30.4. The Morgan fingerprint density at radius 1 is 0.853 bits per heavy atom. The van der Waals surface area contributed by atoms with Crippen LogP contribution in [0.15, 0.2) is 89.8 Å². The van der Waals surface area contributed by atoms with Crippen LogP contribution >= 0.6 is 0 Å². The Morgan fingerprint density at radius 2 is 1.35 bits per heavy atom. The average Bonchev–Trinajstić information content (AvgIpc) is 2.82. The molecule has 0 atom stereocenters. The van der Waals surface area contributed by atoms with E-state index in [1.54, 1.807) is 24.3 Å². The second-order valence-electron chi connectivity index (χ2n) is 9.34. The third kappa shape index (κ3) is 5.44. The number of benzene rings is 3. The zero-order valence-electron chi connectivity index (χ0n) is 20.6. The van der Waals surface area contributed by atoms with Gasteiger partial charge in [-0.25, -0.2) is 12.7 Å². The SMILES string of the molecule is Cc1ccc(S(=O)(=O)N(C)C#CCCO[Si](c2ccccc2)(c2ccccc2)C(C)(C)C)cc1. The Balaban J connectivity index is 1.82. The molecule has 0 aromatic heterocycles. The Hall–Kier alpha value is -2.85. The van der Waals surface area contributed by atoms with Crippen LogP contribution in [0.25, 0.3) is 0 Å². The lowest BCUT2D eigenvalue weighted by Gasteiger charge is -2.43. The van der Waals surface area contributed by atoms with Crippen LogP contribution in [0, 0.1) is 18.9 Å². The first-order valence-electron chi connectivity index (χ1n) is 11.4. The van der Waals surface area contributed by atoms with Crippen molar-refractivity contribution in [2.45, 2.75) is 44.0 Å². The molecular weight excluding hydrogens is 458 g/mol. The van der Waals surface area contributed by atoms with Gasteiger partial charge in [-0.15, -0.1) is 0 Å². The normalized spacial score (nSPS) is 12.0. The van der Waals surface area contributed by atoms with E-state index in [2.05, 4.69) is 81.3 Å². The molecule has 0 fully saturated rings. The molecule has 0 saturated heterocycles. The van der Waals surface area contributed by atoms with Crippen LogP contribution in [-0.4, -0.2) is 34.7 Å². The van der Waals surface area contributed by atoms with Crippen LogP contribution in [0.1, 0.15) is 32.8 Å². The van der Waals surface area contributed by atoms with Crippen molar-refractivity contribution in [3.8, 4) is 12.0 Å². The second kappa shape index (κ2) is 10.6. The molecule has 0 N–H and O–H groups in total. The van der Waals surface area contributed by atoms with Crippen molar-refractivity contribution in [2.24, 2.45) is 0 Å². The van der Waals surface area contributed by atoms with Crippen molar-refractivity contribution < 1.29 is 12.8 Å². The van der Waals surface area contributed by atoms with Crippen LogP contribution in [0.5, 0.6) is 0 Å². The summed E-state index contributed by atoms with van der Waals surface area (Å²) in [4.78, 5) is 0.235. The predicted molar refractivity (Wildman–Crippen MR) is 142 cm³/mol. The molecule has 0 bridgehead atoms. The standard InChI is InChI=1S/C28H33NO3SSi/c1-24-18-20-25(21-19-24)33(30,31)29(5)22-12-13-23-32-34(28(2,3)4,26-14-8-6-9-15-26)27-16-10-7-11-17-27/h6-11,14-21H,13,23H2,1-5H3. The third-order valence-electron chi connectivity index (χ3n) is 5.88. The van der Waals surface area contributed by atoms with E-state index in [1.807, 2.05) is 19.1 Å². The fraction of sp³-hybridized carbons (Fsp3) is 0.286. The predicted octanol–water partition coefficient (Wildman–Crippen LogP) is 4.54. The average molecular weight is 492 g/mol. The molecular formula is C28H33NO3SSi. The Labute approximate surface area is 205 Å². The van der Waals surface area contributed by atoms with Gasteiger partial charge in [-0.1, -0.05) is 105 Å².